The molecule has 0 amide bonds. The zero-order valence-electron chi connectivity index (χ0n) is 15.6. The maximum atomic E-state index is 7.50. The van der Waals surface area contributed by atoms with E-state index in [1.807, 2.05) is 0 Å². The van der Waals surface area contributed by atoms with Crippen molar-refractivity contribution < 1.29 is 40.6 Å². The van der Waals surface area contributed by atoms with Crippen LogP contribution in [-0.2, 0) is 40.6 Å². The van der Waals surface area contributed by atoms with Crippen molar-refractivity contribution in [1.82, 2.24) is 0 Å². The van der Waals surface area contributed by atoms with Crippen molar-refractivity contribution in [1.29, 1.82) is 0 Å². The van der Waals surface area contributed by atoms with Crippen LogP contribution in [0.1, 0.15) is 0 Å². The Morgan fingerprint density at radius 3 is 0.700 bits per heavy atom. The van der Waals surface area contributed by atoms with Crippen LogP contribution in [0.25, 0.3) is 0 Å². The van der Waals surface area contributed by atoms with Gasteiger partial charge in [0.1, 0.15) is 0 Å². The Balaban J connectivity index is -0.000000271. The molecule has 0 aliphatic rings. The molecule has 30 heavy (non-hydrogen) atoms. The van der Waals surface area contributed by atoms with Crippen molar-refractivity contribution in [2.24, 2.45) is 0 Å². The zero-order valence-corrected chi connectivity index (χ0v) is 19.0. The molecule has 7 heteroatoms. The molecule has 0 heterocycles. The van der Waals surface area contributed by atoms with Crippen molar-refractivity contribution in [3.05, 3.63) is 124 Å². The third-order valence-corrected chi connectivity index (χ3v) is 8.92. The van der Waals surface area contributed by atoms with Crippen LogP contribution in [0.3, 0.4) is 0 Å². The second-order valence-corrected chi connectivity index (χ2v) is 9.68. The molecule has 0 unspecified atom stereocenters. The summed E-state index contributed by atoms with van der Waals surface area (Å²) in [5, 5.41) is 0. The summed E-state index contributed by atoms with van der Waals surface area (Å²) in [6, 6.07) is 32.8. The fourth-order valence-corrected chi connectivity index (χ4v) is 7.72. The van der Waals surface area contributed by atoms with Gasteiger partial charge in [0.05, 0.1) is 0 Å². The SMILES string of the molecule is [C-]#[O+].[C-]#[O+].[C-]#[O+].[C-]#[O+].[C-]#[O+].[Cr].c1ccc([AsH](c2ccccc2)c2ccccc2)cc1. The van der Waals surface area contributed by atoms with E-state index in [2.05, 4.69) is 124 Å². The maximum absolute atomic E-state index is 7.50. The fraction of sp³-hybridized carbons (Fsp3) is 0. The van der Waals surface area contributed by atoms with Crippen LogP contribution in [0.4, 0.5) is 0 Å². The molecule has 0 spiro atoms. The first kappa shape index (κ1) is 34.9. The standard InChI is InChI=1S/C18H16As.5CO.Cr/c1-4-10-16(11-5-1)19(17-12-6-2-7-13-17)18-14-8-3-9-15-18;5*1-2;/h1-15,19H;;;;;;. The molecule has 1 radical (unpaired) electrons. The first-order valence-electron chi connectivity index (χ1n) is 7.50. The number of hydrogen-bond donors (Lipinski definition) is 0. The molecule has 3 rings (SSSR count). The number of benzene rings is 3. The van der Waals surface area contributed by atoms with Gasteiger partial charge in [-0.1, -0.05) is 0 Å². The number of rotatable bonds is 3. The van der Waals surface area contributed by atoms with Gasteiger partial charge in [0.15, 0.2) is 0 Å². The normalized spacial score (nSPS) is 7.03. The van der Waals surface area contributed by atoms with E-state index in [9.17, 15) is 0 Å². The molecule has 0 atom stereocenters. The molecule has 3 aromatic rings. The van der Waals surface area contributed by atoms with E-state index in [1.54, 1.807) is 0 Å². The predicted octanol–water partition coefficient (Wildman–Crippen LogP) is 1.75. The van der Waals surface area contributed by atoms with Crippen molar-refractivity contribution >= 4 is 27.7 Å². The Morgan fingerprint density at radius 2 is 0.533 bits per heavy atom. The van der Waals surface area contributed by atoms with Gasteiger partial charge in [-0.3, -0.25) is 0 Å². The van der Waals surface area contributed by atoms with E-state index in [1.165, 1.54) is 13.1 Å². The summed E-state index contributed by atoms with van der Waals surface area (Å²) in [5.41, 5.74) is 0. The third-order valence-electron chi connectivity index (χ3n) is 3.19. The first-order valence-corrected chi connectivity index (χ1v) is 10.6. The van der Waals surface area contributed by atoms with Crippen LogP contribution < -0.4 is 13.1 Å². The quantitative estimate of drug-likeness (QED) is 0.298. The molecule has 149 valence electrons. The second kappa shape index (κ2) is 28.7. The Bertz CT molecular complexity index is 716. The van der Waals surface area contributed by atoms with Crippen LogP contribution in [0, 0.1) is 33.3 Å². The molecule has 5 nitrogen and oxygen atoms in total. The van der Waals surface area contributed by atoms with Gasteiger partial charge < -0.3 is 0 Å². The van der Waals surface area contributed by atoms with Crippen LogP contribution in [0.5, 0.6) is 0 Å². The van der Waals surface area contributed by atoms with E-state index < -0.39 is 14.7 Å². The van der Waals surface area contributed by atoms with Gasteiger partial charge in [0.25, 0.3) is 0 Å². The van der Waals surface area contributed by atoms with Crippen molar-refractivity contribution in [3.8, 4) is 0 Å². The van der Waals surface area contributed by atoms with Crippen molar-refractivity contribution in [2.75, 3.05) is 0 Å². The minimum absolute atomic E-state index is 0. The van der Waals surface area contributed by atoms with Crippen LogP contribution in [-0.4, -0.2) is 14.7 Å². The topological polar surface area (TPSA) is 99.5 Å². The molecular weight excluding hydrogens is 483 g/mol. The van der Waals surface area contributed by atoms with Crippen LogP contribution in [0.15, 0.2) is 91.0 Å². The van der Waals surface area contributed by atoms with Gasteiger partial charge >= 0.3 is 175 Å². The predicted molar refractivity (Wildman–Crippen MR) is 105 cm³/mol. The number of hydrogen-bond acceptors (Lipinski definition) is 0. The summed E-state index contributed by atoms with van der Waals surface area (Å²) < 4.78 is 42.0. The Hall–Kier alpha value is -2.55. The Morgan fingerprint density at radius 1 is 0.367 bits per heavy atom. The molecule has 0 fully saturated rings. The summed E-state index contributed by atoms with van der Waals surface area (Å²) in [7, 11) is 0. The minimum atomic E-state index is -1.63. The molecule has 0 saturated carbocycles. The molecule has 0 aliphatic carbocycles. The van der Waals surface area contributed by atoms with E-state index in [0.717, 1.165) is 0 Å². The zero-order chi connectivity index (χ0) is 22.9. The average Bonchev–Trinajstić information content (AvgIpc) is 2.88. The monoisotopic (exact) mass is 499 g/mol. The first-order chi connectivity index (χ1) is 14.4. The summed E-state index contributed by atoms with van der Waals surface area (Å²) in [6.07, 6.45) is 0. The van der Waals surface area contributed by atoms with Crippen LogP contribution in [0.2, 0.25) is 0 Å². The van der Waals surface area contributed by atoms with Gasteiger partial charge in [-0.05, 0) is 0 Å². The van der Waals surface area contributed by atoms with Gasteiger partial charge in [0, 0.05) is 17.4 Å². The van der Waals surface area contributed by atoms with Gasteiger partial charge in [-0.15, -0.1) is 0 Å². The molecule has 0 aromatic heterocycles. The van der Waals surface area contributed by atoms with E-state index in [4.69, 9.17) is 23.3 Å². The van der Waals surface area contributed by atoms with Gasteiger partial charge in [-0.25, -0.2) is 0 Å². The molecule has 0 bridgehead atoms. The average molecular weight is 499 g/mol. The molecule has 0 N–H and O–H groups in total. The van der Waals surface area contributed by atoms with Gasteiger partial charge in [-0.2, -0.15) is 0 Å². The summed E-state index contributed by atoms with van der Waals surface area (Å²) in [5.74, 6) is 0. The second-order valence-electron chi connectivity index (χ2n) is 4.47. The fourth-order valence-electron chi connectivity index (χ4n) is 2.31. The summed E-state index contributed by atoms with van der Waals surface area (Å²) >= 11 is -1.63. The third kappa shape index (κ3) is 13.6. The molecule has 3 aromatic carbocycles. The molecular formula is C23H16AsCrO5. The van der Waals surface area contributed by atoms with E-state index >= 15 is 0 Å². The van der Waals surface area contributed by atoms with Crippen molar-refractivity contribution in [3.63, 3.8) is 0 Å². The van der Waals surface area contributed by atoms with Gasteiger partial charge in [0.2, 0.25) is 0 Å². The van der Waals surface area contributed by atoms with E-state index in [0.29, 0.717) is 0 Å². The van der Waals surface area contributed by atoms with Crippen molar-refractivity contribution in [2.45, 2.75) is 0 Å². The molecule has 0 saturated heterocycles. The van der Waals surface area contributed by atoms with Crippen LogP contribution >= 0.6 is 0 Å². The summed E-state index contributed by atoms with van der Waals surface area (Å²) in [4.78, 5) is 0. The van der Waals surface area contributed by atoms with E-state index in [-0.39, 0.29) is 17.4 Å². The summed E-state index contributed by atoms with van der Waals surface area (Å²) in [6.45, 7) is 22.5. The Labute approximate surface area is 192 Å². The Kier molecular flexibility index (Phi) is 33.4. The molecule has 0 aliphatic heterocycles.